The fourth-order valence-electron chi connectivity index (χ4n) is 3.09. The Hall–Kier alpha value is -2.52. The average Bonchev–Trinajstić information content (AvgIpc) is 2.54. The summed E-state index contributed by atoms with van der Waals surface area (Å²) in [5.74, 6) is -0.351. The van der Waals surface area contributed by atoms with Crippen LogP contribution in [0.1, 0.15) is 15.9 Å². The number of ketones is 1. The van der Waals surface area contributed by atoms with Crippen molar-refractivity contribution in [1.82, 2.24) is 0 Å². The molecule has 0 aliphatic carbocycles. The molecule has 0 aromatic heterocycles. The predicted molar refractivity (Wildman–Crippen MR) is 83.3 cm³/mol. The van der Waals surface area contributed by atoms with E-state index in [1.165, 1.54) is 12.1 Å². The number of rotatable bonds is 1. The maximum absolute atomic E-state index is 13.8. The molecule has 0 fully saturated rings. The topological polar surface area (TPSA) is 26.3 Å². The van der Waals surface area contributed by atoms with E-state index in [1.807, 2.05) is 36.4 Å². The minimum absolute atomic E-state index is 0.0498. The predicted octanol–water partition coefficient (Wildman–Crippen LogP) is 4.36. The van der Waals surface area contributed by atoms with Gasteiger partial charge in [0.05, 0.1) is 6.61 Å². The van der Waals surface area contributed by atoms with E-state index in [2.05, 4.69) is 0 Å². The van der Waals surface area contributed by atoms with Crippen molar-refractivity contribution >= 4 is 16.6 Å². The van der Waals surface area contributed by atoms with Gasteiger partial charge in [-0.2, -0.15) is 0 Å². The lowest BCUT2D eigenvalue weighted by Gasteiger charge is -2.21. The first kappa shape index (κ1) is 13.2. The van der Waals surface area contributed by atoms with Crippen LogP contribution < -0.4 is 0 Å². The second-order valence-electron chi connectivity index (χ2n) is 5.43. The first-order chi connectivity index (χ1) is 10.7. The van der Waals surface area contributed by atoms with Crippen molar-refractivity contribution in [2.45, 2.75) is 6.61 Å². The van der Waals surface area contributed by atoms with Crippen LogP contribution in [0.25, 0.3) is 21.9 Å². The molecule has 3 aromatic carbocycles. The van der Waals surface area contributed by atoms with E-state index in [0.717, 1.165) is 27.5 Å². The van der Waals surface area contributed by atoms with Crippen LogP contribution in [0.15, 0.2) is 54.6 Å². The third-order valence-corrected chi connectivity index (χ3v) is 4.02. The maximum Gasteiger partial charge on any atom is 0.189 e. The SMILES string of the molecule is O=C1COCc2cc3ccc(F)cc3c(-c3ccccc3)c21. The van der Waals surface area contributed by atoms with E-state index in [1.54, 1.807) is 6.07 Å². The summed E-state index contributed by atoms with van der Waals surface area (Å²) in [5.41, 5.74) is 3.26. The number of hydrogen-bond acceptors (Lipinski definition) is 2. The Balaban J connectivity index is 2.16. The van der Waals surface area contributed by atoms with Gasteiger partial charge < -0.3 is 4.74 Å². The van der Waals surface area contributed by atoms with E-state index in [4.69, 9.17) is 4.74 Å². The highest BCUT2D eigenvalue weighted by molar-refractivity contribution is 6.12. The number of carbonyl (C=O) groups is 1. The van der Waals surface area contributed by atoms with Crippen molar-refractivity contribution in [3.63, 3.8) is 0 Å². The van der Waals surface area contributed by atoms with Gasteiger partial charge in [0.15, 0.2) is 5.78 Å². The lowest BCUT2D eigenvalue weighted by atomic mass is 9.87. The molecule has 1 aliphatic heterocycles. The lowest BCUT2D eigenvalue weighted by Crippen LogP contribution is -2.19. The molecule has 3 aromatic rings. The number of fused-ring (bicyclic) bond motifs is 2. The molecule has 0 saturated heterocycles. The van der Waals surface area contributed by atoms with Crippen LogP contribution in [0.4, 0.5) is 4.39 Å². The van der Waals surface area contributed by atoms with Gasteiger partial charge in [0, 0.05) is 11.1 Å². The molecule has 108 valence electrons. The highest BCUT2D eigenvalue weighted by atomic mass is 19.1. The van der Waals surface area contributed by atoms with Gasteiger partial charge in [0.25, 0.3) is 0 Å². The number of benzene rings is 3. The zero-order valence-electron chi connectivity index (χ0n) is 11.8. The molecule has 0 saturated carbocycles. The molecule has 0 atom stereocenters. The summed E-state index contributed by atoms with van der Waals surface area (Å²) >= 11 is 0. The Morgan fingerprint density at radius 3 is 2.55 bits per heavy atom. The summed E-state index contributed by atoms with van der Waals surface area (Å²) in [4.78, 5) is 12.4. The van der Waals surface area contributed by atoms with Crippen LogP contribution in [0, 0.1) is 5.82 Å². The standard InChI is InChI=1S/C19H13FO2/c20-15-7-6-13-8-14-10-22-11-17(21)19(14)18(16(13)9-15)12-4-2-1-3-5-12/h1-9H,10-11H2. The monoisotopic (exact) mass is 292 g/mol. The molecule has 1 heterocycles. The van der Waals surface area contributed by atoms with E-state index in [0.29, 0.717) is 12.2 Å². The Bertz CT molecular complexity index is 885. The second kappa shape index (κ2) is 5.04. The molecular formula is C19H13FO2. The quantitative estimate of drug-likeness (QED) is 0.666. The van der Waals surface area contributed by atoms with Gasteiger partial charge in [-0.05, 0) is 40.1 Å². The van der Waals surface area contributed by atoms with Gasteiger partial charge in [-0.15, -0.1) is 0 Å². The molecule has 4 rings (SSSR count). The second-order valence-corrected chi connectivity index (χ2v) is 5.43. The zero-order chi connectivity index (χ0) is 15.1. The average molecular weight is 292 g/mol. The molecule has 3 heteroatoms. The molecule has 2 nitrogen and oxygen atoms in total. The van der Waals surface area contributed by atoms with Crippen molar-refractivity contribution in [2.24, 2.45) is 0 Å². The molecule has 0 unspecified atom stereocenters. The van der Waals surface area contributed by atoms with Crippen LogP contribution in [0.2, 0.25) is 0 Å². The van der Waals surface area contributed by atoms with Gasteiger partial charge in [-0.3, -0.25) is 4.79 Å². The highest BCUT2D eigenvalue weighted by Crippen LogP contribution is 2.37. The van der Waals surface area contributed by atoms with Crippen molar-refractivity contribution in [3.8, 4) is 11.1 Å². The molecule has 0 spiro atoms. The number of carbonyl (C=O) groups excluding carboxylic acids is 1. The van der Waals surface area contributed by atoms with E-state index >= 15 is 0 Å². The molecule has 22 heavy (non-hydrogen) atoms. The normalized spacial score (nSPS) is 14.1. The third-order valence-electron chi connectivity index (χ3n) is 4.02. The first-order valence-corrected chi connectivity index (χ1v) is 7.15. The van der Waals surface area contributed by atoms with Crippen LogP contribution in [-0.2, 0) is 11.3 Å². The van der Waals surface area contributed by atoms with Crippen molar-refractivity contribution in [3.05, 3.63) is 71.5 Å². The Labute approximate surface area is 127 Å². The molecule has 0 N–H and O–H groups in total. The fourth-order valence-corrected chi connectivity index (χ4v) is 3.09. The van der Waals surface area contributed by atoms with Crippen LogP contribution in [-0.4, -0.2) is 12.4 Å². The summed E-state index contributed by atoms with van der Waals surface area (Å²) in [5, 5.41) is 1.68. The van der Waals surface area contributed by atoms with Gasteiger partial charge in [-0.1, -0.05) is 36.4 Å². The Morgan fingerprint density at radius 2 is 1.73 bits per heavy atom. The summed E-state index contributed by atoms with van der Waals surface area (Å²) < 4.78 is 19.1. The molecule has 1 aliphatic rings. The number of ether oxygens (including phenoxy) is 1. The van der Waals surface area contributed by atoms with Gasteiger partial charge in [0.1, 0.15) is 12.4 Å². The minimum Gasteiger partial charge on any atom is -0.369 e. The molecule has 0 amide bonds. The smallest absolute Gasteiger partial charge is 0.189 e. The summed E-state index contributed by atoms with van der Waals surface area (Å²) in [6.45, 7) is 0.488. The molecule has 0 radical (unpaired) electrons. The van der Waals surface area contributed by atoms with Gasteiger partial charge in [-0.25, -0.2) is 4.39 Å². The molecular weight excluding hydrogens is 279 g/mol. The third kappa shape index (κ3) is 2.02. The fraction of sp³-hybridized carbons (Fsp3) is 0.105. The summed E-state index contributed by atoms with van der Waals surface area (Å²) in [6, 6.07) is 16.3. The Kier molecular flexibility index (Phi) is 3.01. The molecule has 0 bridgehead atoms. The zero-order valence-corrected chi connectivity index (χ0v) is 11.8. The van der Waals surface area contributed by atoms with Crippen LogP contribution in [0.5, 0.6) is 0 Å². The van der Waals surface area contributed by atoms with Crippen molar-refractivity contribution in [2.75, 3.05) is 6.61 Å². The number of Topliss-reactive ketones (excluding diaryl/α,β-unsaturated/α-hetero) is 1. The maximum atomic E-state index is 13.8. The largest absolute Gasteiger partial charge is 0.369 e. The van der Waals surface area contributed by atoms with Crippen molar-refractivity contribution < 1.29 is 13.9 Å². The van der Waals surface area contributed by atoms with Crippen molar-refractivity contribution in [1.29, 1.82) is 0 Å². The number of halogens is 1. The van der Waals surface area contributed by atoms with Gasteiger partial charge >= 0.3 is 0 Å². The van der Waals surface area contributed by atoms with Crippen LogP contribution >= 0.6 is 0 Å². The summed E-state index contributed by atoms with van der Waals surface area (Å²) in [6.07, 6.45) is 0. The lowest BCUT2D eigenvalue weighted by molar-refractivity contribution is 0.0667. The highest BCUT2D eigenvalue weighted by Gasteiger charge is 2.24. The minimum atomic E-state index is -0.302. The van der Waals surface area contributed by atoms with E-state index < -0.39 is 0 Å². The van der Waals surface area contributed by atoms with E-state index in [9.17, 15) is 9.18 Å². The Morgan fingerprint density at radius 1 is 0.909 bits per heavy atom. The van der Waals surface area contributed by atoms with Gasteiger partial charge in [0.2, 0.25) is 0 Å². The van der Waals surface area contributed by atoms with Crippen LogP contribution in [0.3, 0.4) is 0 Å². The van der Waals surface area contributed by atoms with E-state index in [-0.39, 0.29) is 18.2 Å². The summed E-state index contributed by atoms with van der Waals surface area (Å²) in [7, 11) is 0. The first-order valence-electron chi connectivity index (χ1n) is 7.15. The number of hydrogen-bond donors (Lipinski definition) is 0.